The van der Waals surface area contributed by atoms with Gasteiger partial charge in [0.25, 0.3) is 5.91 Å². The number of likely N-dealkylation sites (tertiary alicyclic amines) is 2. The fourth-order valence-electron chi connectivity index (χ4n) is 3.66. The van der Waals surface area contributed by atoms with Crippen LogP contribution in [0.4, 0.5) is 0 Å². The maximum Gasteiger partial charge on any atom is 0.255 e. The van der Waals surface area contributed by atoms with Crippen molar-refractivity contribution in [2.45, 2.75) is 45.6 Å². The van der Waals surface area contributed by atoms with Crippen LogP contribution in [0.25, 0.3) is 0 Å². The lowest BCUT2D eigenvalue weighted by Gasteiger charge is -2.29. The zero-order chi connectivity index (χ0) is 15.7. The minimum atomic E-state index is 0.106. The quantitative estimate of drug-likeness (QED) is 0.848. The van der Waals surface area contributed by atoms with Crippen molar-refractivity contribution in [3.8, 4) is 0 Å². The van der Waals surface area contributed by atoms with E-state index < -0.39 is 0 Å². The molecule has 1 aromatic rings. The van der Waals surface area contributed by atoms with Crippen molar-refractivity contribution < 1.29 is 4.79 Å². The molecule has 3 nitrogen and oxygen atoms in total. The number of nitrogens with zero attached hydrogens (tertiary/aromatic N) is 2. The van der Waals surface area contributed by atoms with Crippen LogP contribution in [0.2, 0.25) is 5.02 Å². The molecule has 2 heterocycles. The molecule has 0 aliphatic carbocycles. The molecule has 0 radical (unpaired) electrons. The number of rotatable bonds is 3. The number of amides is 1. The second-order valence-electron chi connectivity index (χ2n) is 6.67. The standard InChI is InChI=1S/C18H25ClN2O/c1-13-7-8-16(17(19)14(13)2)18(22)21-11-5-6-15(21)12-20-9-3-4-10-20/h7-8,15H,3-6,9-12H2,1-2H3/t15-/m0/s1. The summed E-state index contributed by atoms with van der Waals surface area (Å²) in [5.74, 6) is 0.106. The van der Waals surface area contributed by atoms with Crippen molar-refractivity contribution in [3.05, 3.63) is 33.8 Å². The number of hydrogen-bond donors (Lipinski definition) is 0. The Morgan fingerprint density at radius 3 is 2.64 bits per heavy atom. The zero-order valence-corrected chi connectivity index (χ0v) is 14.3. The molecule has 120 valence electrons. The van der Waals surface area contributed by atoms with Gasteiger partial charge in [0.05, 0.1) is 10.6 Å². The van der Waals surface area contributed by atoms with Crippen molar-refractivity contribution in [2.75, 3.05) is 26.2 Å². The Hall–Kier alpha value is -1.06. The van der Waals surface area contributed by atoms with Gasteiger partial charge < -0.3 is 9.80 Å². The molecule has 0 bridgehead atoms. The maximum atomic E-state index is 12.9. The lowest BCUT2D eigenvalue weighted by molar-refractivity contribution is 0.0709. The van der Waals surface area contributed by atoms with Crippen molar-refractivity contribution in [1.29, 1.82) is 0 Å². The first kappa shape index (κ1) is 15.8. The van der Waals surface area contributed by atoms with Gasteiger partial charge in [-0.3, -0.25) is 4.79 Å². The van der Waals surface area contributed by atoms with E-state index in [4.69, 9.17) is 11.6 Å². The molecule has 1 atom stereocenters. The molecule has 1 amide bonds. The van der Waals surface area contributed by atoms with Crippen LogP contribution in [0.1, 0.15) is 47.2 Å². The van der Waals surface area contributed by atoms with Gasteiger partial charge in [0, 0.05) is 19.1 Å². The number of benzene rings is 1. The van der Waals surface area contributed by atoms with E-state index in [2.05, 4.69) is 4.90 Å². The average molecular weight is 321 g/mol. The van der Waals surface area contributed by atoms with Crippen LogP contribution in [-0.2, 0) is 0 Å². The first-order valence-electron chi connectivity index (χ1n) is 8.37. The SMILES string of the molecule is Cc1ccc(C(=O)N2CCC[C@H]2CN2CCCC2)c(Cl)c1C. The fourth-order valence-corrected chi connectivity index (χ4v) is 3.95. The van der Waals surface area contributed by atoms with Crippen LogP contribution in [0.5, 0.6) is 0 Å². The summed E-state index contributed by atoms with van der Waals surface area (Å²) in [6.07, 6.45) is 4.81. The smallest absolute Gasteiger partial charge is 0.255 e. The molecule has 0 unspecified atom stereocenters. The van der Waals surface area contributed by atoms with Gasteiger partial charge in [0.2, 0.25) is 0 Å². The third kappa shape index (κ3) is 3.02. The van der Waals surface area contributed by atoms with Crippen LogP contribution in [0.15, 0.2) is 12.1 Å². The van der Waals surface area contributed by atoms with Crippen LogP contribution in [0, 0.1) is 13.8 Å². The molecular formula is C18H25ClN2O. The average Bonchev–Trinajstić information content (AvgIpc) is 3.16. The number of carbonyl (C=O) groups is 1. The van der Waals surface area contributed by atoms with E-state index >= 15 is 0 Å². The monoisotopic (exact) mass is 320 g/mol. The van der Waals surface area contributed by atoms with Crippen LogP contribution >= 0.6 is 11.6 Å². The van der Waals surface area contributed by atoms with Crippen LogP contribution < -0.4 is 0 Å². The zero-order valence-electron chi connectivity index (χ0n) is 13.6. The minimum Gasteiger partial charge on any atom is -0.334 e. The number of carbonyl (C=O) groups excluding carboxylic acids is 1. The fraction of sp³-hybridized carbons (Fsp3) is 0.611. The van der Waals surface area contributed by atoms with Crippen molar-refractivity contribution >= 4 is 17.5 Å². The molecule has 0 saturated carbocycles. The van der Waals surface area contributed by atoms with E-state index in [9.17, 15) is 4.79 Å². The molecule has 22 heavy (non-hydrogen) atoms. The van der Waals surface area contributed by atoms with E-state index in [1.807, 2.05) is 30.9 Å². The Labute approximate surface area is 138 Å². The third-order valence-corrected chi connectivity index (χ3v) is 5.68. The first-order chi connectivity index (χ1) is 10.6. The highest BCUT2D eigenvalue weighted by Crippen LogP contribution is 2.28. The van der Waals surface area contributed by atoms with E-state index in [1.165, 1.54) is 25.9 Å². The van der Waals surface area contributed by atoms with Gasteiger partial charge in [-0.05, 0) is 69.8 Å². The maximum absolute atomic E-state index is 12.9. The molecule has 0 N–H and O–H groups in total. The van der Waals surface area contributed by atoms with Crippen LogP contribution in [0.3, 0.4) is 0 Å². The van der Waals surface area contributed by atoms with Gasteiger partial charge in [-0.15, -0.1) is 0 Å². The highest BCUT2D eigenvalue weighted by atomic mass is 35.5. The van der Waals surface area contributed by atoms with Gasteiger partial charge in [0.1, 0.15) is 0 Å². The van der Waals surface area contributed by atoms with Gasteiger partial charge in [-0.1, -0.05) is 17.7 Å². The van der Waals surface area contributed by atoms with Gasteiger partial charge in [-0.2, -0.15) is 0 Å². The second-order valence-corrected chi connectivity index (χ2v) is 7.05. The van der Waals surface area contributed by atoms with Crippen molar-refractivity contribution in [3.63, 3.8) is 0 Å². The highest BCUT2D eigenvalue weighted by molar-refractivity contribution is 6.34. The normalized spacial score (nSPS) is 22.5. The highest BCUT2D eigenvalue weighted by Gasteiger charge is 2.32. The summed E-state index contributed by atoms with van der Waals surface area (Å²) >= 11 is 6.43. The summed E-state index contributed by atoms with van der Waals surface area (Å²) in [7, 11) is 0. The van der Waals surface area contributed by atoms with E-state index in [0.29, 0.717) is 16.6 Å². The van der Waals surface area contributed by atoms with E-state index in [1.54, 1.807) is 0 Å². The third-order valence-electron chi connectivity index (χ3n) is 5.19. The van der Waals surface area contributed by atoms with Gasteiger partial charge in [0.15, 0.2) is 0 Å². The Morgan fingerprint density at radius 2 is 1.91 bits per heavy atom. The van der Waals surface area contributed by atoms with Gasteiger partial charge in [-0.25, -0.2) is 0 Å². The van der Waals surface area contributed by atoms with E-state index in [-0.39, 0.29) is 5.91 Å². The Kier molecular flexibility index (Phi) is 4.74. The van der Waals surface area contributed by atoms with Crippen LogP contribution in [-0.4, -0.2) is 47.9 Å². The summed E-state index contributed by atoms with van der Waals surface area (Å²) in [6, 6.07) is 4.24. The first-order valence-corrected chi connectivity index (χ1v) is 8.74. The molecule has 2 saturated heterocycles. The predicted octanol–water partition coefficient (Wildman–Crippen LogP) is 3.66. The molecule has 0 aromatic heterocycles. The Morgan fingerprint density at radius 1 is 1.18 bits per heavy atom. The summed E-state index contributed by atoms with van der Waals surface area (Å²) in [5, 5.41) is 0.622. The topological polar surface area (TPSA) is 23.6 Å². The van der Waals surface area contributed by atoms with Crippen molar-refractivity contribution in [2.24, 2.45) is 0 Å². The number of aryl methyl sites for hydroxylation is 1. The van der Waals surface area contributed by atoms with Gasteiger partial charge >= 0.3 is 0 Å². The lowest BCUT2D eigenvalue weighted by Crippen LogP contribution is -2.42. The molecule has 1 aromatic carbocycles. The molecule has 0 spiro atoms. The summed E-state index contributed by atoms with van der Waals surface area (Å²) < 4.78 is 0. The van der Waals surface area contributed by atoms with Crippen molar-refractivity contribution in [1.82, 2.24) is 9.80 Å². The summed E-state index contributed by atoms with van der Waals surface area (Å²) in [6.45, 7) is 8.27. The molecule has 4 heteroatoms. The summed E-state index contributed by atoms with van der Waals surface area (Å²) in [4.78, 5) is 17.5. The number of hydrogen-bond acceptors (Lipinski definition) is 2. The molecular weight excluding hydrogens is 296 g/mol. The molecule has 2 fully saturated rings. The number of halogens is 1. The Balaban J connectivity index is 1.77. The lowest BCUT2D eigenvalue weighted by atomic mass is 10.0. The second kappa shape index (κ2) is 6.59. The minimum absolute atomic E-state index is 0.106. The Bertz CT molecular complexity index is 566. The summed E-state index contributed by atoms with van der Waals surface area (Å²) in [5.41, 5.74) is 2.82. The largest absolute Gasteiger partial charge is 0.334 e. The van der Waals surface area contributed by atoms with E-state index in [0.717, 1.165) is 37.1 Å². The molecule has 3 rings (SSSR count). The predicted molar refractivity (Wildman–Crippen MR) is 90.7 cm³/mol. The molecule has 2 aliphatic heterocycles. The molecule has 2 aliphatic rings.